The number of aromatic nitrogens is 3. The maximum Gasteiger partial charge on any atom is 0.166 e. The summed E-state index contributed by atoms with van der Waals surface area (Å²) in [4.78, 5) is 12.2. The van der Waals surface area contributed by atoms with E-state index in [9.17, 15) is 0 Å². The molecule has 2 aromatic carbocycles. The highest BCUT2D eigenvalue weighted by Gasteiger charge is 2.13. The molecule has 2 aromatic heterocycles. The van der Waals surface area contributed by atoms with Crippen LogP contribution in [0.2, 0.25) is 0 Å². The van der Waals surface area contributed by atoms with Crippen LogP contribution in [0.25, 0.3) is 22.4 Å². The number of fused-ring (bicyclic) bond motifs is 1. The molecule has 0 aliphatic heterocycles. The van der Waals surface area contributed by atoms with Crippen LogP contribution in [0, 0.1) is 0 Å². The molecule has 1 atom stereocenters. The van der Waals surface area contributed by atoms with E-state index in [1.165, 1.54) is 0 Å². The van der Waals surface area contributed by atoms with Crippen LogP contribution in [0.3, 0.4) is 0 Å². The fourth-order valence-electron chi connectivity index (χ4n) is 2.75. The summed E-state index contributed by atoms with van der Waals surface area (Å²) < 4.78 is 6.04. The van der Waals surface area contributed by atoms with Gasteiger partial charge in [0, 0.05) is 11.8 Å². The molecule has 0 radical (unpaired) electrons. The Morgan fingerprint density at radius 1 is 1.04 bits per heavy atom. The summed E-state index contributed by atoms with van der Waals surface area (Å²) in [6.07, 6.45) is 1.57. The molecule has 5 nitrogen and oxygen atoms in total. The summed E-state index contributed by atoms with van der Waals surface area (Å²) in [5.41, 5.74) is 9.81. The number of hydrogen-bond donors (Lipinski definition) is 2. The minimum absolute atomic E-state index is 0.128. The van der Waals surface area contributed by atoms with Crippen molar-refractivity contribution < 1.29 is 4.74 Å². The Labute approximate surface area is 145 Å². The molecule has 4 aromatic rings. The van der Waals surface area contributed by atoms with Gasteiger partial charge in [0.05, 0.1) is 11.0 Å². The van der Waals surface area contributed by atoms with E-state index in [0.717, 1.165) is 28.0 Å². The first-order valence-corrected chi connectivity index (χ1v) is 8.13. The van der Waals surface area contributed by atoms with E-state index in [2.05, 4.69) is 15.0 Å². The summed E-state index contributed by atoms with van der Waals surface area (Å²) in [7, 11) is 0. The van der Waals surface area contributed by atoms with Gasteiger partial charge in [0.2, 0.25) is 0 Å². The quantitative estimate of drug-likeness (QED) is 0.583. The average Bonchev–Trinajstić information content (AvgIpc) is 3.08. The standard InChI is InChI=1S/C20H18N4O/c1-13(14-7-3-2-4-8-14)25-18-11-15(12-22-19(18)21)20-23-16-9-5-6-10-17(16)24-20/h2-13H,1H3,(H2,21,22)(H,23,24). The number of rotatable bonds is 4. The van der Waals surface area contributed by atoms with Crippen molar-refractivity contribution in [3.63, 3.8) is 0 Å². The Bertz CT molecular complexity index is 978. The number of nitrogens with one attached hydrogen (secondary N) is 1. The van der Waals surface area contributed by atoms with Gasteiger partial charge in [-0.05, 0) is 30.7 Å². The lowest BCUT2D eigenvalue weighted by atomic mass is 10.1. The molecule has 0 aliphatic rings. The third kappa shape index (κ3) is 3.04. The van der Waals surface area contributed by atoms with Crippen LogP contribution < -0.4 is 10.5 Å². The second-order valence-electron chi connectivity index (χ2n) is 5.88. The SMILES string of the molecule is CC(Oc1cc(-c2nc3ccccc3[nH]2)cnc1N)c1ccccc1. The number of benzene rings is 2. The zero-order valence-corrected chi connectivity index (χ0v) is 13.8. The number of nitrogen functional groups attached to an aromatic ring is 1. The van der Waals surface area contributed by atoms with Gasteiger partial charge in [-0.1, -0.05) is 42.5 Å². The van der Waals surface area contributed by atoms with Crippen molar-refractivity contribution in [2.45, 2.75) is 13.0 Å². The number of imidazole rings is 1. The monoisotopic (exact) mass is 330 g/mol. The Hall–Kier alpha value is -3.34. The van der Waals surface area contributed by atoms with Gasteiger partial charge in [-0.2, -0.15) is 0 Å². The molecule has 0 bridgehead atoms. The van der Waals surface area contributed by atoms with E-state index < -0.39 is 0 Å². The lowest BCUT2D eigenvalue weighted by Crippen LogP contribution is -2.06. The zero-order valence-electron chi connectivity index (χ0n) is 13.8. The largest absolute Gasteiger partial charge is 0.482 e. The smallest absolute Gasteiger partial charge is 0.166 e. The van der Waals surface area contributed by atoms with E-state index >= 15 is 0 Å². The van der Waals surface area contributed by atoms with E-state index in [1.807, 2.05) is 67.6 Å². The number of nitrogens with zero attached hydrogens (tertiary/aromatic N) is 2. The number of H-pyrrole nitrogens is 1. The van der Waals surface area contributed by atoms with Crippen molar-refractivity contribution in [1.82, 2.24) is 15.0 Å². The van der Waals surface area contributed by atoms with E-state index in [4.69, 9.17) is 10.5 Å². The fraction of sp³-hybridized carbons (Fsp3) is 0.100. The molecule has 25 heavy (non-hydrogen) atoms. The van der Waals surface area contributed by atoms with Crippen LogP contribution in [-0.4, -0.2) is 15.0 Å². The molecule has 124 valence electrons. The molecular formula is C20H18N4O. The number of anilines is 1. The van der Waals surface area contributed by atoms with Gasteiger partial charge in [0.15, 0.2) is 11.6 Å². The number of pyridine rings is 1. The van der Waals surface area contributed by atoms with Gasteiger partial charge in [-0.25, -0.2) is 9.97 Å². The van der Waals surface area contributed by atoms with E-state index in [-0.39, 0.29) is 6.10 Å². The Morgan fingerprint density at radius 3 is 2.60 bits per heavy atom. The first-order chi connectivity index (χ1) is 12.2. The summed E-state index contributed by atoms with van der Waals surface area (Å²) in [6.45, 7) is 1.99. The maximum atomic E-state index is 6.04. The Balaban J connectivity index is 1.66. The fourth-order valence-corrected chi connectivity index (χ4v) is 2.75. The van der Waals surface area contributed by atoms with Gasteiger partial charge >= 0.3 is 0 Å². The van der Waals surface area contributed by atoms with Gasteiger partial charge in [-0.15, -0.1) is 0 Å². The molecule has 3 N–H and O–H groups in total. The van der Waals surface area contributed by atoms with Crippen LogP contribution in [0.15, 0.2) is 66.9 Å². The van der Waals surface area contributed by atoms with E-state index in [0.29, 0.717) is 11.6 Å². The number of nitrogens with two attached hydrogens (primary N) is 1. The van der Waals surface area contributed by atoms with Gasteiger partial charge < -0.3 is 15.5 Å². The number of ether oxygens (including phenoxy) is 1. The molecule has 0 saturated carbocycles. The summed E-state index contributed by atoms with van der Waals surface area (Å²) in [6, 6.07) is 19.8. The van der Waals surface area contributed by atoms with Gasteiger partial charge in [-0.3, -0.25) is 0 Å². The molecule has 0 fully saturated rings. The topological polar surface area (TPSA) is 76.8 Å². The van der Waals surface area contributed by atoms with Gasteiger partial charge in [0.25, 0.3) is 0 Å². The molecular weight excluding hydrogens is 312 g/mol. The Kier molecular flexibility index (Phi) is 3.82. The normalized spacial score (nSPS) is 12.2. The number of hydrogen-bond acceptors (Lipinski definition) is 4. The second-order valence-corrected chi connectivity index (χ2v) is 5.88. The van der Waals surface area contributed by atoms with Crippen LogP contribution >= 0.6 is 0 Å². The molecule has 0 spiro atoms. The lowest BCUT2D eigenvalue weighted by molar-refractivity contribution is 0.227. The highest BCUT2D eigenvalue weighted by atomic mass is 16.5. The van der Waals surface area contributed by atoms with E-state index in [1.54, 1.807) is 6.20 Å². The van der Waals surface area contributed by atoms with Crippen molar-refractivity contribution in [2.24, 2.45) is 0 Å². The predicted octanol–water partition coefficient (Wildman–Crippen LogP) is 4.35. The molecule has 0 aliphatic carbocycles. The third-order valence-corrected chi connectivity index (χ3v) is 4.12. The van der Waals surface area contributed by atoms with Crippen molar-refractivity contribution in [3.05, 3.63) is 72.4 Å². The predicted molar refractivity (Wildman–Crippen MR) is 99.2 cm³/mol. The second kappa shape index (κ2) is 6.28. The van der Waals surface area contributed by atoms with Crippen molar-refractivity contribution >= 4 is 16.9 Å². The molecule has 4 rings (SSSR count). The van der Waals surface area contributed by atoms with Crippen LogP contribution in [0.1, 0.15) is 18.6 Å². The minimum Gasteiger partial charge on any atom is -0.482 e. The first-order valence-electron chi connectivity index (χ1n) is 8.13. The van der Waals surface area contributed by atoms with Crippen molar-refractivity contribution in [3.8, 4) is 17.1 Å². The average molecular weight is 330 g/mol. The number of para-hydroxylation sites is 2. The van der Waals surface area contributed by atoms with Crippen LogP contribution in [-0.2, 0) is 0 Å². The first kappa shape index (κ1) is 15.2. The summed E-state index contributed by atoms with van der Waals surface area (Å²) >= 11 is 0. The molecule has 0 saturated heterocycles. The Morgan fingerprint density at radius 2 is 1.80 bits per heavy atom. The van der Waals surface area contributed by atoms with Crippen LogP contribution in [0.4, 0.5) is 5.82 Å². The van der Waals surface area contributed by atoms with Crippen molar-refractivity contribution in [1.29, 1.82) is 0 Å². The lowest BCUT2D eigenvalue weighted by Gasteiger charge is -2.16. The van der Waals surface area contributed by atoms with Gasteiger partial charge in [0.1, 0.15) is 11.9 Å². The summed E-state index contributed by atoms with van der Waals surface area (Å²) in [5, 5.41) is 0. The highest BCUT2D eigenvalue weighted by Crippen LogP contribution is 2.30. The third-order valence-electron chi connectivity index (χ3n) is 4.12. The molecule has 1 unspecified atom stereocenters. The highest BCUT2D eigenvalue weighted by molar-refractivity contribution is 5.79. The van der Waals surface area contributed by atoms with Crippen molar-refractivity contribution in [2.75, 3.05) is 5.73 Å². The molecule has 5 heteroatoms. The summed E-state index contributed by atoms with van der Waals surface area (Å²) in [5.74, 6) is 1.66. The number of aromatic amines is 1. The van der Waals surface area contributed by atoms with Crippen LogP contribution in [0.5, 0.6) is 5.75 Å². The molecule has 2 heterocycles. The molecule has 0 amide bonds. The maximum absolute atomic E-state index is 6.04. The minimum atomic E-state index is -0.128. The zero-order chi connectivity index (χ0) is 17.2.